The number of benzene rings is 4. The summed E-state index contributed by atoms with van der Waals surface area (Å²) in [6.45, 7) is 3.51. The fourth-order valence-corrected chi connectivity index (χ4v) is 5.85. The quantitative estimate of drug-likeness (QED) is 0.204. The molecule has 0 radical (unpaired) electrons. The Bertz CT molecular complexity index is 1770. The number of carbonyl (C=O) groups is 2. The van der Waals surface area contributed by atoms with Crippen molar-refractivity contribution in [2.75, 3.05) is 18.6 Å². The number of ether oxygens (including phenoxy) is 1. The summed E-state index contributed by atoms with van der Waals surface area (Å²) in [4.78, 5) is 29.2. The van der Waals surface area contributed by atoms with Gasteiger partial charge in [0, 0.05) is 29.1 Å². The number of nitrogens with zero attached hydrogens (tertiary/aromatic N) is 2. The minimum atomic E-state index is -0.122. The summed E-state index contributed by atoms with van der Waals surface area (Å²) in [6.07, 6.45) is 1.77. The van der Waals surface area contributed by atoms with Gasteiger partial charge >= 0.3 is 0 Å². The number of carbonyl (C=O) groups excluding carboxylic acids is 2. The SMILES string of the molecule is COc1cc(C(=O)N2Cc3ccc(C(=O)NCCCc4ccccc4)n3Cc3ccccc32)ccc1-c1ccccc1C. The molecule has 1 aromatic heterocycles. The van der Waals surface area contributed by atoms with E-state index in [4.69, 9.17) is 4.74 Å². The summed E-state index contributed by atoms with van der Waals surface area (Å²) >= 11 is 0. The first-order chi connectivity index (χ1) is 21.0. The van der Waals surface area contributed by atoms with Gasteiger partial charge in [-0.15, -0.1) is 0 Å². The van der Waals surface area contributed by atoms with Crippen molar-refractivity contribution in [3.8, 4) is 16.9 Å². The van der Waals surface area contributed by atoms with Crippen molar-refractivity contribution in [1.82, 2.24) is 9.88 Å². The molecule has 0 saturated heterocycles. The van der Waals surface area contributed by atoms with E-state index in [1.54, 1.807) is 12.0 Å². The number of aromatic nitrogens is 1. The Morgan fingerprint density at radius 2 is 1.58 bits per heavy atom. The molecule has 6 heteroatoms. The van der Waals surface area contributed by atoms with Crippen LogP contribution >= 0.6 is 0 Å². The first-order valence-electron chi connectivity index (χ1n) is 14.7. The smallest absolute Gasteiger partial charge is 0.267 e. The standard InChI is InChI=1S/C37H35N3O3/c1-26-11-6-8-16-31(26)32-20-18-28(23-35(32)43-2)37(42)40-25-30-19-21-34(39(30)24-29-15-7-9-17-33(29)40)36(41)38-22-10-14-27-12-4-3-5-13-27/h3-9,11-13,15-21,23H,10,14,22,24-25H2,1-2H3,(H,38,41). The number of aryl methyl sites for hydroxylation is 2. The first-order valence-corrected chi connectivity index (χ1v) is 14.7. The molecule has 1 aliphatic rings. The number of hydrogen-bond donors (Lipinski definition) is 1. The monoisotopic (exact) mass is 569 g/mol. The highest BCUT2D eigenvalue weighted by Gasteiger charge is 2.28. The van der Waals surface area contributed by atoms with E-state index in [1.165, 1.54) is 5.56 Å². The van der Waals surface area contributed by atoms with Crippen molar-refractivity contribution in [3.63, 3.8) is 0 Å². The van der Waals surface area contributed by atoms with Gasteiger partial charge in [0.05, 0.1) is 20.2 Å². The molecule has 0 unspecified atom stereocenters. The van der Waals surface area contributed by atoms with Crippen LogP contribution in [0.15, 0.2) is 109 Å². The molecule has 216 valence electrons. The molecule has 0 atom stereocenters. The van der Waals surface area contributed by atoms with Gasteiger partial charge < -0.3 is 19.5 Å². The number of methoxy groups -OCH3 is 1. The van der Waals surface area contributed by atoms with Gasteiger partial charge in [0.2, 0.25) is 0 Å². The minimum absolute atomic E-state index is 0.104. The van der Waals surface area contributed by atoms with Crippen LogP contribution in [0.1, 0.15) is 49.7 Å². The fraction of sp³-hybridized carbons (Fsp3) is 0.189. The summed E-state index contributed by atoms with van der Waals surface area (Å²) in [7, 11) is 1.63. The summed E-state index contributed by atoms with van der Waals surface area (Å²) in [5.41, 5.74) is 8.28. The molecule has 1 N–H and O–H groups in total. The summed E-state index contributed by atoms with van der Waals surface area (Å²) in [5, 5.41) is 3.09. The van der Waals surface area contributed by atoms with Gasteiger partial charge in [-0.1, -0.05) is 72.8 Å². The zero-order valence-electron chi connectivity index (χ0n) is 24.5. The van der Waals surface area contributed by atoms with Crippen molar-refractivity contribution >= 4 is 17.5 Å². The maximum atomic E-state index is 14.1. The zero-order valence-corrected chi connectivity index (χ0v) is 24.5. The lowest BCUT2D eigenvalue weighted by Crippen LogP contribution is -2.31. The topological polar surface area (TPSA) is 63.6 Å². The highest BCUT2D eigenvalue weighted by atomic mass is 16.5. The van der Waals surface area contributed by atoms with Crippen molar-refractivity contribution in [3.05, 3.63) is 143 Å². The van der Waals surface area contributed by atoms with Gasteiger partial charge in [0.15, 0.2) is 0 Å². The van der Waals surface area contributed by atoms with E-state index in [0.717, 1.165) is 46.5 Å². The number of fused-ring (bicyclic) bond motifs is 2. The molecule has 0 saturated carbocycles. The van der Waals surface area contributed by atoms with Gasteiger partial charge in [0.1, 0.15) is 11.4 Å². The molecular weight excluding hydrogens is 534 g/mol. The molecule has 0 spiro atoms. The van der Waals surface area contributed by atoms with Crippen molar-refractivity contribution in [2.24, 2.45) is 0 Å². The van der Waals surface area contributed by atoms with Crippen LogP contribution in [0.25, 0.3) is 11.1 Å². The van der Waals surface area contributed by atoms with Crippen LogP contribution in [-0.4, -0.2) is 30.0 Å². The van der Waals surface area contributed by atoms with Crippen molar-refractivity contribution in [2.45, 2.75) is 32.9 Å². The van der Waals surface area contributed by atoms with E-state index >= 15 is 0 Å². The van der Waals surface area contributed by atoms with E-state index in [2.05, 4.69) is 36.5 Å². The zero-order chi connectivity index (χ0) is 29.8. The maximum absolute atomic E-state index is 14.1. The molecule has 1 aliphatic heterocycles. The third-order valence-electron chi connectivity index (χ3n) is 8.13. The maximum Gasteiger partial charge on any atom is 0.267 e. The van der Waals surface area contributed by atoms with Crippen molar-refractivity contribution < 1.29 is 14.3 Å². The van der Waals surface area contributed by atoms with Crippen LogP contribution in [0, 0.1) is 6.92 Å². The van der Waals surface area contributed by atoms with Crippen LogP contribution in [0.5, 0.6) is 5.75 Å². The second-order valence-electron chi connectivity index (χ2n) is 10.9. The van der Waals surface area contributed by atoms with Gasteiger partial charge in [-0.3, -0.25) is 9.59 Å². The molecule has 0 aliphatic carbocycles. The van der Waals surface area contributed by atoms with Gasteiger partial charge in [-0.05, 0) is 78.4 Å². The van der Waals surface area contributed by atoms with Crippen LogP contribution in [0.3, 0.4) is 0 Å². The lowest BCUT2D eigenvalue weighted by atomic mass is 9.98. The van der Waals surface area contributed by atoms with Crippen LogP contribution in [0.2, 0.25) is 0 Å². The molecule has 0 bridgehead atoms. The highest BCUT2D eigenvalue weighted by Crippen LogP contribution is 2.35. The van der Waals surface area contributed by atoms with E-state index in [0.29, 0.717) is 36.6 Å². The number of hydrogen-bond acceptors (Lipinski definition) is 3. The normalized spacial score (nSPS) is 12.2. The lowest BCUT2D eigenvalue weighted by molar-refractivity contribution is 0.0943. The van der Waals surface area contributed by atoms with E-state index in [9.17, 15) is 9.59 Å². The number of nitrogens with one attached hydrogen (secondary N) is 1. The number of anilines is 1. The Labute approximate surface area is 252 Å². The number of rotatable bonds is 8. The average Bonchev–Trinajstić information content (AvgIpc) is 3.36. The van der Waals surface area contributed by atoms with Crippen LogP contribution < -0.4 is 15.0 Å². The molecule has 6 nitrogen and oxygen atoms in total. The van der Waals surface area contributed by atoms with E-state index in [-0.39, 0.29) is 11.8 Å². The predicted molar refractivity (Wildman–Crippen MR) is 171 cm³/mol. The second-order valence-corrected chi connectivity index (χ2v) is 10.9. The molecule has 43 heavy (non-hydrogen) atoms. The van der Waals surface area contributed by atoms with Crippen LogP contribution in [-0.2, 0) is 19.5 Å². The average molecular weight is 570 g/mol. The summed E-state index contributed by atoms with van der Waals surface area (Å²) in [6, 6.07) is 35.8. The third kappa shape index (κ3) is 5.82. The Balaban J connectivity index is 1.25. The fourth-order valence-electron chi connectivity index (χ4n) is 5.85. The Morgan fingerprint density at radius 1 is 0.814 bits per heavy atom. The Kier molecular flexibility index (Phi) is 8.09. The van der Waals surface area contributed by atoms with Gasteiger partial charge in [-0.2, -0.15) is 0 Å². The predicted octanol–water partition coefficient (Wildman–Crippen LogP) is 7.04. The molecule has 2 amide bonds. The number of amides is 2. The highest BCUT2D eigenvalue weighted by molar-refractivity contribution is 6.07. The largest absolute Gasteiger partial charge is 0.496 e. The van der Waals surface area contributed by atoms with Crippen molar-refractivity contribution in [1.29, 1.82) is 0 Å². The van der Waals surface area contributed by atoms with E-state index in [1.807, 2.05) is 89.5 Å². The molecule has 6 rings (SSSR count). The third-order valence-corrected chi connectivity index (χ3v) is 8.13. The molecule has 0 fully saturated rings. The Hall–Kier alpha value is -5.10. The minimum Gasteiger partial charge on any atom is -0.496 e. The molecular formula is C37H35N3O3. The van der Waals surface area contributed by atoms with Gasteiger partial charge in [0.25, 0.3) is 11.8 Å². The first kappa shape index (κ1) is 28.0. The second kappa shape index (κ2) is 12.4. The molecule has 4 aromatic carbocycles. The Morgan fingerprint density at radius 3 is 2.40 bits per heavy atom. The van der Waals surface area contributed by atoms with Crippen LogP contribution in [0.4, 0.5) is 5.69 Å². The van der Waals surface area contributed by atoms with Gasteiger partial charge in [-0.25, -0.2) is 0 Å². The summed E-state index contributed by atoms with van der Waals surface area (Å²) < 4.78 is 7.79. The number of para-hydroxylation sites is 1. The molecule has 2 heterocycles. The summed E-state index contributed by atoms with van der Waals surface area (Å²) in [5.74, 6) is 0.426. The lowest BCUT2D eigenvalue weighted by Gasteiger charge is -2.23. The van der Waals surface area contributed by atoms with E-state index < -0.39 is 0 Å². The molecule has 5 aromatic rings.